The lowest BCUT2D eigenvalue weighted by molar-refractivity contribution is -0.155. The molecule has 2 aromatic rings. The second-order valence-corrected chi connectivity index (χ2v) is 5.77. The number of benzene rings is 1. The maximum atomic E-state index is 12.2. The average Bonchev–Trinajstić information content (AvgIpc) is 2.86. The summed E-state index contributed by atoms with van der Waals surface area (Å²) in [5.41, 5.74) is 2.59. The van der Waals surface area contributed by atoms with Gasteiger partial charge in [-0.25, -0.2) is 4.79 Å². The van der Waals surface area contributed by atoms with Gasteiger partial charge in [0.2, 0.25) is 0 Å². The van der Waals surface area contributed by atoms with Gasteiger partial charge in [0, 0.05) is 12.6 Å². The lowest BCUT2D eigenvalue weighted by Gasteiger charge is -2.14. The van der Waals surface area contributed by atoms with Gasteiger partial charge in [0.05, 0.1) is 17.1 Å². The molecule has 0 aliphatic carbocycles. The van der Waals surface area contributed by atoms with Crippen molar-refractivity contribution in [1.82, 2.24) is 9.78 Å². The molecule has 1 aromatic heterocycles. The van der Waals surface area contributed by atoms with E-state index in [-0.39, 0.29) is 6.61 Å². The first kappa shape index (κ1) is 19.2. The van der Waals surface area contributed by atoms with Crippen molar-refractivity contribution in [1.29, 1.82) is 0 Å². The smallest absolute Gasteiger partial charge is 0.344 e. The number of nitrogens with one attached hydrogen (secondary N) is 1. The molecule has 0 spiro atoms. The van der Waals surface area contributed by atoms with Crippen LogP contribution in [0.4, 0.5) is 5.69 Å². The number of hydrogen-bond donors (Lipinski definition) is 1. The van der Waals surface area contributed by atoms with E-state index in [0.717, 1.165) is 5.69 Å². The summed E-state index contributed by atoms with van der Waals surface area (Å²) >= 11 is 0. The summed E-state index contributed by atoms with van der Waals surface area (Å²) in [5, 5.41) is 6.93. The predicted octanol–water partition coefficient (Wildman–Crippen LogP) is 1.80. The Hall–Kier alpha value is -3.16. The minimum absolute atomic E-state index is 0.344. The number of nitrogens with zero attached hydrogens (tertiary/aromatic N) is 2. The van der Waals surface area contributed by atoms with Gasteiger partial charge in [-0.1, -0.05) is 0 Å². The van der Waals surface area contributed by atoms with Crippen LogP contribution >= 0.6 is 0 Å². The Kier molecular flexibility index (Phi) is 6.11. The van der Waals surface area contributed by atoms with Crippen LogP contribution in [-0.2, 0) is 21.4 Å². The zero-order valence-corrected chi connectivity index (χ0v) is 15.1. The van der Waals surface area contributed by atoms with Gasteiger partial charge < -0.3 is 14.8 Å². The molecule has 26 heavy (non-hydrogen) atoms. The van der Waals surface area contributed by atoms with Gasteiger partial charge in [0.25, 0.3) is 5.91 Å². The van der Waals surface area contributed by atoms with Gasteiger partial charge in [-0.05, 0) is 45.0 Å². The van der Waals surface area contributed by atoms with Crippen LogP contribution in [0.25, 0.3) is 0 Å². The molecule has 138 valence electrons. The molecule has 0 radical (unpaired) electrons. The molecule has 0 bridgehead atoms. The largest absolute Gasteiger partial charge is 0.482 e. The van der Waals surface area contributed by atoms with Crippen molar-refractivity contribution in [2.75, 3.05) is 11.9 Å². The molecule has 1 N–H and O–H groups in total. The number of carbonyl (C=O) groups is 3. The van der Waals surface area contributed by atoms with Crippen molar-refractivity contribution in [3.63, 3.8) is 0 Å². The molecule has 2 rings (SSSR count). The van der Waals surface area contributed by atoms with Crippen LogP contribution in [0.15, 0.2) is 24.3 Å². The lowest BCUT2D eigenvalue weighted by atomic mass is 10.2. The number of esters is 1. The normalized spacial score (nSPS) is 11.5. The molecule has 0 unspecified atom stereocenters. The number of ether oxygens (including phenoxy) is 2. The molecule has 8 heteroatoms. The molecule has 8 nitrogen and oxygen atoms in total. The van der Waals surface area contributed by atoms with E-state index in [9.17, 15) is 14.4 Å². The monoisotopic (exact) mass is 359 g/mol. The topological polar surface area (TPSA) is 99.5 Å². The van der Waals surface area contributed by atoms with Gasteiger partial charge in [-0.3, -0.25) is 14.3 Å². The molecule has 1 heterocycles. The van der Waals surface area contributed by atoms with Gasteiger partial charge >= 0.3 is 5.97 Å². The third kappa shape index (κ3) is 4.69. The number of rotatable bonds is 7. The van der Waals surface area contributed by atoms with Gasteiger partial charge in [-0.2, -0.15) is 5.10 Å². The zero-order valence-electron chi connectivity index (χ0n) is 15.1. The Bertz CT molecular complexity index is 811. The number of aromatic nitrogens is 2. The SMILES string of the molecule is Cc1nn(C)c(C)c1NC(=O)[C@@H](C)OC(=O)COc1ccc(C=O)cc1. The maximum Gasteiger partial charge on any atom is 0.344 e. The third-order valence-corrected chi connectivity index (χ3v) is 3.81. The van der Waals surface area contributed by atoms with E-state index in [0.29, 0.717) is 29.0 Å². The van der Waals surface area contributed by atoms with E-state index >= 15 is 0 Å². The highest BCUT2D eigenvalue weighted by Gasteiger charge is 2.21. The second kappa shape index (κ2) is 8.28. The molecule has 0 aliphatic heterocycles. The molecular weight excluding hydrogens is 338 g/mol. The summed E-state index contributed by atoms with van der Waals surface area (Å²) in [4.78, 5) is 34.6. The van der Waals surface area contributed by atoms with Gasteiger partial charge in [0.15, 0.2) is 12.7 Å². The van der Waals surface area contributed by atoms with Crippen molar-refractivity contribution in [3.8, 4) is 5.75 Å². The van der Waals surface area contributed by atoms with Crippen LogP contribution in [0, 0.1) is 13.8 Å². The summed E-state index contributed by atoms with van der Waals surface area (Å²) in [6, 6.07) is 6.28. The Balaban J connectivity index is 1.85. The summed E-state index contributed by atoms with van der Waals surface area (Å²) in [6.07, 6.45) is -0.271. The lowest BCUT2D eigenvalue weighted by Crippen LogP contribution is -2.32. The number of carbonyl (C=O) groups excluding carboxylic acids is 3. The van der Waals surface area contributed by atoms with E-state index in [1.165, 1.54) is 6.92 Å². The first-order valence-corrected chi connectivity index (χ1v) is 8.00. The fourth-order valence-electron chi connectivity index (χ4n) is 2.25. The number of anilines is 1. The van der Waals surface area contributed by atoms with Crippen LogP contribution < -0.4 is 10.1 Å². The fraction of sp³-hybridized carbons (Fsp3) is 0.333. The Morgan fingerprint density at radius 3 is 2.46 bits per heavy atom. The molecule has 1 aromatic carbocycles. The minimum Gasteiger partial charge on any atom is -0.482 e. The first-order chi connectivity index (χ1) is 12.3. The van der Waals surface area contributed by atoms with E-state index in [1.54, 1.807) is 42.9 Å². The van der Waals surface area contributed by atoms with Crippen molar-refractivity contribution < 1.29 is 23.9 Å². The molecule has 0 saturated heterocycles. The van der Waals surface area contributed by atoms with Gasteiger partial charge in [0.1, 0.15) is 12.0 Å². The Labute approximate surface area is 151 Å². The molecule has 1 atom stereocenters. The Morgan fingerprint density at radius 1 is 1.27 bits per heavy atom. The minimum atomic E-state index is -0.984. The summed E-state index contributed by atoms with van der Waals surface area (Å²) in [7, 11) is 1.78. The predicted molar refractivity (Wildman–Crippen MR) is 94.2 cm³/mol. The van der Waals surface area contributed by atoms with Gasteiger partial charge in [-0.15, -0.1) is 0 Å². The van der Waals surface area contributed by atoms with Crippen molar-refractivity contribution in [3.05, 3.63) is 41.2 Å². The first-order valence-electron chi connectivity index (χ1n) is 8.00. The van der Waals surface area contributed by atoms with E-state index in [4.69, 9.17) is 9.47 Å². The molecule has 0 aliphatic rings. The van der Waals surface area contributed by atoms with Crippen LogP contribution in [0.3, 0.4) is 0 Å². The van der Waals surface area contributed by atoms with E-state index in [2.05, 4.69) is 10.4 Å². The highest BCUT2D eigenvalue weighted by Crippen LogP contribution is 2.18. The van der Waals surface area contributed by atoms with Crippen molar-refractivity contribution >= 4 is 23.9 Å². The average molecular weight is 359 g/mol. The Morgan fingerprint density at radius 2 is 1.92 bits per heavy atom. The maximum absolute atomic E-state index is 12.2. The van der Waals surface area contributed by atoms with Crippen molar-refractivity contribution in [2.45, 2.75) is 26.9 Å². The van der Waals surface area contributed by atoms with Crippen molar-refractivity contribution in [2.24, 2.45) is 7.05 Å². The summed E-state index contributed by atoms with van der Waals surface area (Å²) in [6.45, 7) is 4.75. The zero-order chi connectivity index (χ0) is 19.3. The highest BCUT2D eigenvalue weighted by molar-refractivity contribution is 5.96. The van der Waals surface area contributed by atoms with Crippen LogP contribution in [-0.4, -0.2) is 40.7 Å². The fourth-order valence-corrected chi connectivity index (χ4v) is 2.25. The van der Waals surface area contributed by atoms with E-state index in [1.807, 2.05) is 6.92 Å². The summed E-state index contributed by atoms with van der Waals surface area (Å²) < 4.78 is 12.0. The number of hydrogen-bond acceptors (Lipinski definition) is 6. The molecule has 0 saturated carbocycles. The standard InChI is InChI=1S/C18H21N3O5/c1-11-17(12(2)21(4)20-11)19-18(24)13(3)26-16(23)10-25-15-7-5-14(9-22)6-8-15/h5-9,13H,10H2,1-4H3,(H,19,24)/t13-/m1/s1. The summed E-state index contributed by atoms with van der Waals surface area (Å²) in [5.74, 6) is -0.703. The number of aldehydes is 1. The van der Waals surface area contributed by atoms with E-state index < -0.39 is 18.0 Å². The van der Waals surface area contributed by atoms with Crippen LogP contribution in [0.2, 0.25) is 0 Å². The number of amides is 1. The number of aryl methyl sites for hydroxylation is 2. The third-order valence-electron chi connectivity index (χ3n) is 3.81. The second-order valence-electron chi connectivity index (χ2n) is 5.77. The molecular formula is C18H21N3O5. The molecule has 1 amide bonds. The molecule has 0 fully saturated rings. The highest BCUT2D eigenvalue weighted by atomic mass is 16.6. The van der Waals surface area contributed by atoms with Crippen LogP contribution in [0.1, 0.15) is 28.7 Å². The van der Waals surface area contributed by atoms with Crippen LogP contribution in [0.5, 0.6) is 5.75 Å². The quantitative estimate of drug-likeness (QED) is 0.598.